The van der Waals surface area contributed by atoms with Gasteiger partial charge in [-0.3, -0.25) is 4.79 Å². The SMILES string of the molecule is COc1ccc(C(=O)N2CCC[C@@](O)(CN3CCCC3)C2)cc1Cl. The van der Waals surface area contributed by atoms with Gasteiger partial charge in [0.25, 0.3) is 5.91 Å². The molecule has 0 radical (unpaired) electrons. The van der Waals surface area contributed by atoms with Crippen molar-refractivity contribution in [3.05, 3.63) is 28.8 Å². The number of hydrogen-bond donors (Lipinski definition) is 1. The van der Waals surface area contributed by atoms with Crippen LogP contribution < -0.4 is 4.74 Å². The van der Waals surface area contributed by atoms with Crippen molar-refractivity contribution in [1.82, 2.24) is 9.80 Å². The monoisotopic (exact) mass is 352 g/mol. The highest BCUT2D eigenvalue weighted by atomic mass is 35.5. The molecule has 1 aromatic rings. The van der Waals surface area contributed by atoms with Crippen LogP contribution in [-0.2, 0) is 0 Å². The molecule has 24 heavy (non-hydrogen) atoms. The molecule has 132 valence electrons. The number of nitrogens with zero attached hydrogens (tertiary/aromatic N) is 2. The molecule has 2 fully saturated rings. The first-order valence-corrected chi connectivity index (χ1v) is 8.96. The van der Waals surface area contributed by atoms with Gasteiger partial charge in [0.2, 0.25) is 0 Å². The molecule has 2 aliphatic heterocycles. The molecule has 1 N–H and O–H groups in total. The van der Waals surface area contributed by atoms with Gasteiger partial charge in [0.05, 0.1) is 24.3 Å². The van der Waals surface area contributed by atoms with Crippen molar-refractivity contribution >= 4 is 17.5 Å². The zero-order chi connectivity index (χ0) is 17.2. The Bertz CT molecular complexity index is 604. The van der Waals surface area contributed by atoms with Crippen LogP contribution in [0.25, 0.3) is 0 Å². The van der Waals surface area contributed by atoms with E-state index in [0.29, 0.717) is 36.0 Å². The number of carbonyl (C=O) groups excluding carboxylic acids is 1. The molecule has 1 aromatic carbocycles. The number of β-amino-alcohol motifs (C(OH)–C–C–N with tert-alkyl or cyclic N) is 1. The summed E-state index contributed by atoms with van der Waals surface area (Å²) in [6.07, 6.45) is 3.96. The number of amides is 1. The average molecular weight is 353 g/mol. The number of benzene rings is 1. The molecule has 2 aliphatic rings. The summed E-state index contributed by atoms with van der Waals surface area (Å²) in [7, 11) is 1.55. The van der Waals surface area contributed by atoms with Crippen LogP contribution in [0.15, 0.2) is 18.2 Å². The summed E-state index contributed by atoms with van der Waals surface area (Å²) in [4.78, 5) is 16.8. The second kappa shape index (κ2) is 7.30. The van der Waals surface area contributed by atoms with E-state index in [1.807, 2.05) is 0 Å². The second-order valence-electron chi connectivity index (χ2n) is 6.89. The molecule has 0 aliphatic carbocycles. The van der Waals surface area contributed by atoms with E-state index < -0.39 is 5.60 Å². The molecule has 2 saturated heterocycles. The predicted octanol–water partition coefficient (Wildman–Crippen LogP) is 2.41. The maximum absolute atomic E-state index is 12.8. The van der Waals surface area contributed by atoms with Gasteiger partial charge in [0.15, 0.2) is 0 Å². The Morgan fingerprint density at radius 1 is 1.29 bits per heavy atom. The van der Waals surface area contributed by atoms with E-state index >= 15 is 0 Å². The minimum atomic E-state index is -0.811. The number of rotatable bonds is 4. The fourth-order valence-corrected chi connectivity index (χ4v) is 4.01. The van der Waals surface area contributed by atoms with Gasteiger partial charge in [-0.1, -0.05) is 11.6 Å². The van der Waals surface area contributed by atoms with E-state index in [9.17, 15) is 9.90 Å². The molecule has 5 nitrogen and oxygen atoms in total. The number of ether oxygens (including phenoxy) is 1. The third-order valence-corrected chi connectivity index (χ3v) is 5.25. The molecular formula is C18H25ClN2O3. The van der Waals surface area contributed by atoms with Crippen molar-refractivity contribution in [2.45, 2.75) is 31.3 Å². The maximum Gasteiger partial charge on any atom is 0.254 e. The Kier molecular flexibility index (Phi) is 5.33. The average Bonchev–Trinajstić information content (AvgIpc) is 3.06. The largest absolute Gasteiger partial charge is 0.495 e. The van der Waals surface area contributed by atoms with Crippen molar-refractivity contribution in [3.8, 4) is 5.75 Å². The van der Waals surface area contributed by atoms with Gasteiger partial charge in [-0.25, -0.2) is 0 Å². The topological polar surface area (TPSA) is 53.0 Å². The summed E-state index contributed by atoms with van der Waals surface area (Å²) in [5, 5.41) is 11.4. The molecule has 0 unspecified atom stereocenters. The Labute approximate surface area is 148 Å². The lowest BCUT2D eigenvalue weighted by molar-refractivity contribution is -0.0431. The fraction of sp³-hybridized carbons (Fsp3) is 0.611. The fourth-order valence-electron chi connectivity index (χ4n) is 3.75. The van der Waals surface area contributed by atoms with Crippen molar-refractivity contribution in [2.75, 3.05) is 39.8 Å². The van der Waals surface area contributed by atoms with Gasteiger partial charge in [0.1, 0.15) is 5.75 Å². The van der Waals surface area contributed by atoms with Gasteiger partial charge >= 0.3 is 0 Å². The molecule has 1 amide bonds. The molecular weight excluding hydrogens is 328 g/mol. The number of likely N-dealkylation sites (tertiary alicyclic amines) is 2. The van der Waals surface area contributed by atoms with E-state index in [1.165, 1.54) is 12.8 Å². The van der Waals surface area contributed by atoms with Crippen LogP contribution in [-0.4, -0.2) is 66.2 Å². The zero-order valence-electron chi connectivity index (χ0n) is 14.1. The molecule has 2 heterocycles. The van der Waals surface area contributed by atoms with Crippen LogP contribution >= 0.6 is 11.6 Å². The number of halogens is 1. The van der Waals surface area contributed by atoms with Crippen LogP contribution in [0.2, 0.25) is 5.02 Å². The number of aliphatic hydroxyl groups is 1. The minimum absolute atomic E-state index is 0.0842. The first kappa shape index (κ1) is 17.5. The van der Waals surface area contributed by atoms with Crippen LogP contribution in [0.1, 0.15) is 36.0 Å². The zero-order valence-corrected chi connectivity index (χ0v) is 14.9. The van der Waals surface area contributed by atoms with E-state index in [-0.39, 0.29) is 5.91 Å². The van der Waals surface area contributed by atoms with Crippen LogP contribution in [0.4, 0.5) is 0 Å². The molecule has 3 rings (SSSR count). The second-order valence-corrected chi connectivity index (χ2v) is 7.29. The number of carbonyl (C=O) groups is 1. The third-order valence-electron chi connectivity index (χ3n) is 4.96. The highest BCUT2D eigenvalue weighted by Gasteiger charge is 2.37. The smallest absolute Gasteiger partial charge is 0.254 e. The summed E-state index contributed by atoms with van der Waals surface area (Å²) >= 11 is 6.13. The molecule has 0 spiro atoms. The van der Waals surface area contributed by atoms with Crippen LogP contribution in [0.3, 0.4) is 0 Å². The van der Waals surface area contributed by atoms with Crippen molar-refractivity contribution in [3.63, 3.8) is 0 Å². The van der Waals surface area contributed by atoms with E-state index in [0.717, 1.165) is 25.9 Å². The predicted molar refractivity (Wildman–Crippen MR) is 93.8 cm³/mol. The first-order valence-electron chi connectivity index (χ1n) is 8.58. The highest BCUT2D eigenvalue weighted by molar-refractivity contribution is 6.32. The van der Waals surface area contributed by atoms with Crippen molar-refractivity contribution in [2.24, 2.45) is 0 Å². The standard InChI is InChI=1S/C18H25ClN2O3/c1-24-16-6-5-14(11-15(16)19)17(22)21-10-4-7-18(23,13-21)12-20-8-2-3-9-20/h5-6,11,23H,2-4,7-10,12-13H2,1H3/t18-/m1/s1. The molecule has 6 heteroatoms. The molecule has 1 atom stereocenters. The quantitative estimate of drug-likeness (QED) is 0.904. The Morgan fingerprint density at radius 2 is 2.04 bits per heavy atom. The lowest BCUT2D eigenvalue weighted by Gasteiger charge is -2.41. The number of hydrogen-bond acceptors (Lipinski definition) is 4. The Balaban J connectivity index is 1.69. The van der Waals surface area contributed by atoms with Crippen LogP contribution in [0, 0.1) is 0 Å². The molecule has 0 saturated carbocycles. The van der Waals surface area contributed by atoms with Gasteiger partial charge in [-0.15, -0.1) is 0 Å². The van der Waals surface area contributed by atoms with E-state index in [4.69, 9.17) is 16.3 Å². The van der Waals surface area contributed by atoms with Crippen LogP contribution in [0.5, 0.6) is 5.75 Å². The number of piperidine rings is 1. The first-order chi connectivity index (χ1) is 11.5. The van der Waals surface area contributed by atoms with Gasteiger partial charge in [-0.2, -0.15) is 0 Å². The lowest BCUT2D eigenvalue weighted by atomic mass is 9.91. The Hall–Kier alpha value is -1.30. The highest BCUT2D eigenvalue weighted by Crippen LogP contribution is 2.28. The lowest BCUT2D eigenvalue weighted by Crippen LogP contribution is -2.55. The van der Waals surface area contributed by atoms with Gasteiger partial charge < -0.3 is 19.6 Å². The summed E-state index contributed by atoms with van der Waals surface area (Å²) in [6, 6.07) is 5.06. The summed E-state index contributed by atoms with van der Waals surface area (Å²) in [5.74, 6) is 0.469. The number of methoxy groups -OCH3 is 1. The third kappa shape index (κ3) is 3.85. The summed E-state index contributed by atoms with van der Waals surface area (Å²) in [6.45, 7) is 3.80. The molecule has 0 aromatic heterocycles. The Morgan fingerprint density at radius 3 is 2.71 bits per heavy atom. The van der Waals surface area contributed by atoms with E-state index in [2.05, 4.69) is 4.90 Å². The van der Waals surface area contributed by atoms with E-state index in [1.54, 1.807) is 30.2 Å². The minimum Gasteiger partial charge on any atom is -0.495 e. The van der Waals surface area contributed by atoms with Gasteiger partial charge in [-0.05, 0) is 57.0 Å². The normalized spacial score (nSPS) is 25.0. The van der Waals surface area contributed by atoms with Gasteiger partial charge in [0, 0.05) is 18.7 Å². The summed E-state index contributed by atoms with van der Waals surface area (Å²) < 4.78 is 5.13. The maximum atomic E-state index is 12.8. The van der Waals surface area contributed by atoms with Crippen molar-refractivity contribution in [1.29, 1.82) is 0 Å². The summed E-state index contributed by atoms with van der Waals surface area (Å²) in [5.41, 5.74) is -0.277. The molecule has 0 bridgehead atoms. The van der Waals surface area contributed by atoms with Crippen molar-refractivity contribution < 1.29 is 14.6 Å².